The highest BCUT2D eigenvalue weighted by atomic mass is 32.1. The van der Waals surface area contributed by atoms with E-state index in [2.05, 4.69) is 15.6 Å². The lowest BCUT2D eigenvalue weighted by atomic mass is 10.1. The van der Waals surface area contributed by atoms with Crippen LogP contribution in [0.4, 0.5) is 4.79 Å². The summed E-state index contributed by atoms with van der Waals surface area (Å²) in [5.74, 6) is -0.570. The SMILES string of the molecule is CCCNC(=O)NC(=O)Cn1cnc2scc(-c3ccc(C)cc3)c2c1=O. The van der Waals surface area contributed by atoms with Crippen LogP contribution in [0.15, 0.2) is 40.8 Å². The van der Waals surface area contributed by atoms with Crippen molar-refractivity contribution in [2.75, 3.05) is 6.54 Å². The number of benzene rings is 1. The molecule has 3 rings (SSSR count). The van der Waals surface area contributed by atoms with Crippen LogP contribution in [0.25, 0.3) is 21.3 Å². The molecule has 0 atom stereocenters. The third-order valence-corrected chi connectivity index (χ3v) is 4.91. The number of aromatic nitrogens is 2. The summed E-state index contributed by atoms with van der Waals surface area (Å²) in [5, 5.41) is 7.14. The molecule has 27 heavy (non-hydrogen) atoms. The van der Waals surface area contributed by atoms with Crippen LogP contribution in [0.1, 0.15) is 18.9 Å². The first-order chi connectivity index (χ1) is 13.0. The van der Waals surface area contributed by atoms with Crippen molar-refractivity contribution in [3.8, 4) is 11.1 Å². The van der Waals surface area contributed by atoms with E-state index in [0.29, 0.717) is 16.8 Å². The van der Waals surface area contributed by atoms with Gasteiger partial charge in [0.2, 0.25) is 5.91 Å². The third-order valence-electron chi connectivity index (χ3n) is 4.03. The van der Waals surface area contributed by atoms with E-state index in [1.165, 1.54) is 22.2 Å². The van der Waals surface area contributed by atoms with E-state index in [9.17, 15) is 14.4 Å². The number of aryl methyl sites for hydroxylation is 1. The molecule has 0 radical (unpaired) electrons. The Bertz CT molecular complexity index is 1040. The number of hydrogen-bond donors (Lipinski definition) is 2. The molecule has 0 spiro atoms. The quantitative estimate of drug-likeness (QED) is 0.707. The van der Waals surface area contributed by atoms with E-state index >= 15 is 0 Å². The normalized spacial score (nSPS) is 10.7. The van der Waals surface area contributed by atoms with Crippen molar-refractivity contribution in [1.29, 1.82) is 0 Å². The summed E-state index contributed by atoms with van der Waals surface area (Å²) in [7, 11) is 0. The molecule has 0 bridgehead atoms. The molecule has 2 heterocycles. The average molecular weight is 384 g/mol. The first-order valence-electron chi connectivity index (χ1n) is 8.61. The first kappa shape index (κ1) is 18.8. The van der Waals surface area contributed by atoms with Crippen LogP contribution >= 0.6 is 11.3 Å². The third kappa shape index (κ3) is 4.22. The Kier molecular flexibility index (Phi) is 5.66. The Morgan fingerprint density at radius 1 is 1.22 bits per heavy atom. The summed E-state index contributed by atoms with van der Waals surface area (Å²) in [6, 6.07) is 7.31. The number of hydrogen-bond acceptors (Lipinski definition) is 5. The van der Waals surface area contributed by atoms with Crippen molar-refractivity contribution >= 4 is 33.5 Å². The summed E-state index contributed by atoms with van der Waals surface area (Å²) in [4.78, 5) is 41.4. The lowest BCUT2D eigenvalue weighted by Gasteiger charge is -2.08. The van der Waals surface area contributed by atoms with E-state index in [0.717, 1.165) is 23.1 Å². The number of urea groups is 1. The number of rotatable bonds is 5. The fraction of sp³-hybridized carbons (Fsp3) is 0.263. The van der Waals surface area contributed by atoms with Crippen LogP contribution in [0.2, 0.25) is 0 Å². The van der Waals surface area contributed by atoms with Crippen LogP contribution in [0, 0.1) is 6.92 Å². The van der Waals surface area contributed by atoms with E-state index in [1.807, 2.05) is 43.5 Å². The molecule has 0 fully saturated rings. The van der Waals surface area contributed by atoms with Crippen LogP contribution in [0.3, 0.4) is 0 Å². The number of nitrogens with zero attached hydrogens (tertiary/aromatic N) is 2. The van der Waals surface area contributed by atoms with Crippen molar-refractivity contribution in [3.63, 3.8) is 0 Å². The maximum atomic E-state index is 12.9. The Morgan fingerprint density at radius 2 is 1.96 bits per heavy atom. The number of carbonyl (C=O) groups is 2. The number of amides is 3. The lowest BCUT2D eigenvalue weighted by Crippen LogP contribution is -2.42. The minimum Gasteiger partial charge on any atom is -0.338 e. The fourth-order valence-corrected chi connectivity index (χ4v) is 3.54. The molecule has 140 valence electrons. The zero-order valence-electron chi connectivity index (χ0n) is 15.1. The Morgan fingerprint density at radius 3 is 2.67 bits per heavy atom. The highest BCUT2D eigenvalue weighted by Crippen LogP contribution is 2.30. The van der Waals surface area contributed by atoms with Crippen molar-refractivity contribution in [2.24, 2.45) is 0 Å². The van der Waals surface area contributed by atoms with Gasteiger partial charge in [0.1, 0.15) is 11.4 Å². The highest BCUT2D eigenvalue weighted by Gasteiger charge is 2.15. The molecule has 0 saturated heterocycles. The molecule has 3 aromatic rings. The maximum Gasteiger partial charge on any atom is 0.321 e. The van der Waals surface area contributed by atoms with Gasteiger partial charge in [0.25, 0.3) is 5.56 Å². The van der Waals surface area contributed by atoms with Crippen LogP contribution in [0.5, 0.6) is 0 Å². The smallest absolute Gasteiger partial charge is 0.321 e. The first-order valence-corrected chi connectivity index (χ1v) is 9.49. The van der Waals surface area contributed by atoms with E-state index in [4.69, 9.17) is 0 Å². The Balaban J connectivity index is 1.87. The number of imide groups is 1. The monoisotopic (exact) mass is 384 g/mol. The second-order valence-corrected chi connectivity index (χ2v) is 7.04. The number of nitrogens with one attached hydrogen (secondary N) is 2. The topological polar surface area (TPSA) is 93.1 Å². The molecule has 0 unspecified atom stereocenters. The minimum absolute atomic E-state index is 0.273. The number of fused-ring (bicyclic) bond motifs is 1. The average Bonchev–Trinajstić information content (AvgIpc) is 3.08. The van der Waals surface area contributed by atoms with Gasteiger partial charge in [-0.05, 0) is 18.9 Å². The summed E-state index contributed by atoms with van der Waals surface area (Å²) < 4.78 is 1.22. The van der Waals surface area contributed by atoms with Crippen molar-refractivity contribution in [2.45, 2.75) is 26.8 Å². The van der Waals surface area contributed by atoms with Gasteiger partial charge in [0.15, 0.2) is 0 Å². The van der Waals surface area contributed by atoms with Crippen molar-refractivity contribution < 1.29 is 9.59 Å². The summed E-state index contributed by atoms with van der Waals surface area (Å²) in [6.07, 6.45) is 2.10. The summed E-state index contributed by atoms with van der Waals surface area (Å²) in [5.41, 5.74) is 2.54. The van der Waals surface area contributed by atoms with Gasteiger partial charge in [-0.2, -0.15) is 0 Å². The second-order valence-electron chi connectivity index (χ2n) is 6.18. The van der Waals surface area contributed by atoms with Crippen molar-refractivity contribution in [1.82, 2.24) is 20.2 Å². The Hall–Kier alpha value is -3.00. The van der Waals surface area contributed by atoms with E-state index < -0.39 is 11.9 Å². The van der Waals surface area contributed by atoms with Crippen LogP contribution in [-0.4, -0.2) is 28.0 Å². The van der Waals surface area contributed by atoms with E-state index in [1.54, 1.807) is 0 Å². The predicted molar refractivity (Wildman–Crippen MR) is 106 cm³/mol. The number of thiophene rings is 1. The molecule has 0 aliphatic heterocycles. The van der Waals surface area contributed by atoms with Gasteiger partial charge in [-0.25, -0.2) is 9.78 Å². The Labute approximate surface area is 160 Å². The standard InChI is InChI=1S/C19H20N4O3S/c1-3-8-20-19(26)22-15(24)9-23-11-21-17-16(18(23)25)14(10-27-17)13-6-4-12(2)5-7-13/h4-7,10-11H,3,8-9H2,1-2H3,(H2,20,22,24,26). The zero-order valence-corrected chi connectivity index (χ0v) is 15.9. The van der Waals surface area contributed by atoms with E-state index in [-0.39, 0.29) is 12.1 Å². The van der Waals surface area contributed by atoms with Gasteiger partial charge in [-0.1, -0.05) is 36.8 Å². The van der Waals surface area contributed by atoms with Gasteiger partial charge in [-0.3, -0.25) is 19.5 Å². The van der Waals surface area contributed by atoms with Gasteiger partial charge in [-0.15, -0.1) is 11.3 Å². The molecule has 2 N–H and O–H groups in total. The maximum absolute atomic E-state index is 12.9. The molecule has 3 amide bonds. The molecule has 8 heteroatoms. The molecule has 7 nitrogen and oxygen atoms in total. The van der Waals surface area contributed by atoms with Gasteiger partial charge >= 0.3 is 6.03 Å². The second kappa shape index (κ2) is 8.13. The van der Waals surface area contributed by atoms with Crippen molar-refractivity contribution in [3.05, 3.63) is 51.9 Å². The van der Waals surface area contributed by atoms with Gasteiger partial charge < -0.3 is 5.32 Å². The molecular formula is C19H20N4O3S. The van der Waals surface area contributed by atoms with Gasteiger partial charge in [0, 0.05) is 17.5 Å². The minimum atomic E-state index is -0.570. The van der Waals surface area contributed by atoms with Gasteiger partial charge in [0.05, 0.1) is 11.7 Å². The summed E-state index contributed by atoms with van der Waals surface area (Å²) >= 11 is 1.39. The molecule has 0 aliphatic carbocycles. The fourth-order valence-electron chi connectivity index (χ4n) is 2.63. The van der Waals surface area contributed by atoms with Crippen LogP contribution in [-0.2, 0) is 11.3 Å². The number of carbonyl (C=O) groups excluding carboxylic acids is 2. The molecule has 0 aliphatic rings. The zero-order chi connectivity index (χ0) is 19.4. The molecule has 1 aromatic carbocycles. The molecule has 0 saturated carbocycles. The summed E-state index contributed by atoms with van der Waals surface area (Å²) in [6.45, 7) is 4.11. The van der Waals surface area contributed by atoms with Crippen LogP contribution < -0.4 is 16.2 Å². The molecular weight excluding hydrogens is 364 g/mol. The highest BCUT2D eigenvalue weighted by molar-refractivity contribution is 7.17. The lowest BCUT2D eigenvalue weighted by molar-refractivity contribution is -0.120. The predicted octanol–water partition coefficient (Wildman–Crippen LogP) is 2.67. The largest absolute Gasteiger partial charge is 0.338 e. The molecule has 2 aromatic heterocycles.